The van der Waals surface area contributed by atoms with Crippen LogP contribution in [-0.4, -0.2) is 38.3 Å². The molecule has 5 nitrogen and oxygen atoms in total. The topological polar surface area (TPSA) is 66.5 Å². The molecule has 0 aliphatic rings. The summed E-state index contributed by atoms with van der Waals surface area (Å²) in [6.07, 6.45) is 0. The molecule has 0 aliphatic heterocycles. The van der Waals surface area contributed by atoms with Crippen LogP contribution in [0.4, 0.5) is 0 Å². The summed E-state index contributed by atoms with van der Waals surface area (Å²) in [7, 11) is -2.28. The Kier molecular flexibility index (Phi) is 5.15. The van der Waals surface area contributed by atoms with E-state index in [9.17, 15) is 13.2 Å². The minimum Gasteiger partial charge on any atom is -0.353 e. The van der Waals surface area contributed by atoms with Crippen LogP contribution in [0.1, 0.15) is 13.8 Å². The predicted octanol–water partition coefficient (Wildman–Crippen LogP) is 1.55. The first-order valence-corrected chi connectivity index (χ1v) is 7.88. The molecule has 0 fully saturated rings. The van der Waals surface area contributed by atoms with E-state index >= 15 is 0 Å². The first-order valence-electron chi connectivity index (χ1n) is 5.24. The average Bonchev–Trinajstić information content (AvgIpc) is 2.63. The third kappa shape index (κ3) is 3.94. The van der Waals surface area contributed by atoms with Gasteiger partial charge < -0.3 is 5.32 Å². The highest BCUT2D eigenvalue weighted by Gasteiger charge is 2.24. The van der Waals surface area contributed by atoms with Gasteiger partial charge in [-0.25, -0.2) is 8.42 Å². The molecule has 0 bridgehead atoms. The molecule has 0 saturated heterocycles. The number of thiophene rings is 1. The summed E-state index contributed by atoms with van der Waals surface area (Å²) in [5.74, 6) is -0.335. The number of carbonyl (C=O) groups is 1. The number of hydrogen-bond donors (Lipinski definition) is 1. The van der Waals surface area contributed by atoms with Crippen LogP contribution in [-0.2, 0) is 14.8 Å². The molecular formula is C10H15ClN2O3S2. The molecule has 18 heavy (non-hydrogen) atoms. The highest BCUT2D eigenvalue weighted by atomic mass is 35.5. The van der Waals surface area contributed by atoms with Gasteiger partial charge in [0.25, 0.3) is 10.0 Å². The molecule has 0 aromatic carbocycles. The van der Waals surface area contributed by atoms with Crippen LogP contribution < -0.4 is 5.32 Å². The van der Waals surface area contributed by atoms with Gasteiger partial charge in [0.15, 0.2) is 0 Å². The summed E-state index contributed by atoms with van der Waals surface area (Å²) in [5.41, 5.74) is 0. The Morgan fingerprint density at radius 1 is 1.50 bits per heavy atom. The Balaban J connectivity index is 2.77. The van der Waals surface area contributed by atoms with Crippen molar-refractivity contribution in [2.75, 3.05) is 13.6 Å². The fourth-order valence-corrected chi connectivity index (χ4v) is 4.07. The Hall–Kier alpha value is -0.630. The van der Waals surface area contributed by atoms with E-state index in [1.165, 1.54) is 19.2 Å². The van der Waals surface area contributed by atoms with Crippen molar-refractivity contribution in [3.8, 4) is 0 Å². The van der Waals surface area contributed by atoms with E-state index in [1.54, 1.807) is 0 Å². The van der Waals surface area contributed by atoms with Crippen LogP contribution in [0, 0.1) is 0 Å². The maximum Gasteiger partial charge on any atom is 0.252 e. The molecule has 0 aliphatic carbocycles. The summed E-state index contributed by atoms with van der Waals surface area (Å²) in [6.45, 7) is 3.41. The molecule has 0 saturated carbocycles. The average molecular weight is 311 g/mol. The highest BCUT2D eigenvalue weighted by molar-refractivity contribution is 7.91. The fourth-order valence-electron chi connectivity index (χ4n) is 1.24. The molecular weight excluding hydrogens is 296 g/mol. The zero-order valence-corrected chi connectivity index (χ0v) is 12.7. The lowest BCUT2D eigenvalue weighted by atomic mass is 10.4. The maximum absolute atomic E-state index is 12.1. The van der Waals surface area contributed by atoms with Gasteiger partial charge in [0.2, 0.25) is 5.91 Å². The van der Waals surface area contributed by atoms with E-state index in [0.717, 1.165) is 15.6 Å². The Labute approximate surface area is 116 Å². The molecule has 0 spiro atoms. The number of sulfonamides is 1. The van der Waals surface area contributed by atoms with Crippen LogP contribution >= 0.6 is 22.9 Å². The summed E-state index contributed by atoms with van der Waals surface area (Å²) in [5, 5.41) is 2.63. The normalized spacial score (nSPS) is 12.1. The van der Waals surface area contributed by atoms with Gasteiger partial charge >= 0.3 is 0 Å². The standard InChI is InChI=1S/C10H15ClN2O3S2/c1-7(2)12-9(14)6-13(3)18(15,16)10-5-4-8(11)17-10/h4-5,7H,6H2,1-3H3,(H,12,14). The van der Waals surface area contributed by atoms with Gasteiger partial charge in [0, 0.05) is 13.1 Å². The SMILES string of the molecule is CC(C)NC(=O)CN(C)S(=O)(=O)c1ccc(Cl)s1. The number of halogens is 1. The number of likely N-dealkylation sites (N-methyl/N-ethyl adjacent to an activating group) is 1. The number of amides is 1. The van der Waals surface area contributed by atoms with Crippen LogP contribution in [0.25, 0.3) is 0 Å². The van der Waals surface area contributed by atoms with Gasteiger partial charge in [-0.2, -0.15) is 4.31 Å². The predicted molar refractivity (Wildman–Crippen MR) is 72.4 cm³/mol. The monoisotopic (exact) mass is 310 g/mol. The second kappa shape index (κ2) is 6.01. The lowest BCUT2D eigenvalue weighted by Gasteiger charge is -2.16. The van der Waals surface area contributed by atoms with Crippen molar-refractivity contribution in [3.05, 3.63) is 16.5 Å². The number of rotatable bonds is 5. The zero-order chi connectivity index (χ0) is 13.9. The van der Waals surface area contributed by atoms with Gasteiger partial charge in [0.1, 0.15) is 4.21 Å². The largest absolute Gasteiger partial charge is 0.353 e. The molecule has 1 heterocycles. The van der Waals surface area contributed by atoms with Crippen LogP contribution in [0.15, 0.2) is 16.3 Å². The third-order valence-corrected chi connectivity index (χ3v) is 5.53. The van der Waals surface area contributed by atoms with Gasteiger partial charge in [0.05, 0.1) is 10.9 Å². The molecule has 1 N–H and O–H groups in total. The Morgan fingerprint density at radius 3 is 2.56 bits per heavy atom. The van der Waals surface area contributed by atoms with Crippen molar-refractivity contribution >= 4 is 38.9 Å². The molecule has 0 radical (unpaired) electrons. The summed E-state index contributed by atoms with van der Waals surface area (Å²) >= 11 is 6.67. The first kappa shape index (κ1) is 15.4. The lowest BCUT2D eigenvalue weighted by molar-refractivity contribution is -0.121. The lowest BCUT2D eigenvalue weighted by Crippen LogP contribution is -2.40. The van der Waals surface area contributed by atoms with Crippen molar-refractivity contribution in [3.63, 3.8) is 0 Å². The van der Waals surface area contributed by atoms with E-state index < -0.39 is 10.0 Å². The van der Waals surface area contributed by atoms with Crippen molar-refractivity contribution in [1.82, 2.24) is 9.62 Å². The number of carbonyl (C=O) groups excluding carboxylic acids is 1. The zero-order valence-electron chi connectivity index (χ0n) is 10.3. The van der Waals surface area contributed by atoms with Crippen molar-refractivity contribution < 1.29 is 13.2 Å². The van der Waals surface area contributed by atoms with E-state index in [1.807, 2.05) is 13.8 Å². The van der Waals surface area contributed by atoms with Gasteiger partial charge in [-0.05, 0) is 26.0 Å². The van der Waals surface area contributed by atoms with E-state index in [2.05, 4.69) is 5.32 Å². The first-order chi connectivity index (χ1) is 8.23. The number of hydrogen-bond acceptors (Lipinski definition) is 4. The quantitative estimate of drug-likeness (QED) is 0.897. The maximum atomic E-state index is 12.1. The fraction of sp³-hybridized carbons (Fsp3) is 0.500. The van der Waals surface area contributed by atoms with Gasteiger partial charge in [-0.3, -0.25) is 4.79 Å². The highest BCUT2D eigenvalue weighted by Crippen LogP contribution is 2.27. The molecule has 8 heteroatoms. The minimum atomic E-state index is -3.64. The van der Waals surface area contributed by atoms with E-state index in [0.29, 0.717) is 4.34 Å². The van der Waals surface area contributed by atoms with E-state index in [4.69, 9.17) is 11.6 Å². The van der Waals surface area contributed by atoms with Crippen LogP contribution in [0.5, 0.6) is 0 Å². The molecule has 0 unspecified atom stereocenters. The molecule has 1 amide bonds. The third-order valence-electron chi connectivity index (χ3n) is 2.03. The number of nitrogens with zero attached hydrogens (tertiary/aromatic N) is 1. The second-order valence-corrected chi connectivity index (χ2v) is 8.03. The molecule has 1 aromatic heterocycles. The van der Waals surface area contributed by atoms with Gasteiger partial charge in [-0.15, -0.1) is 11.3 Å². The summed E-state index contributed by atoms with van der Waals surface area (Å²) in [4.78, 5) is 11.5. The van der Waals surface area contributed by atoms with Crippen LogP contribution in [0.2, 0.25) is 4.34 Å². The van der Waals surface area contributed by atoms with E-state index in [-0.39, 0.29) is 22.7 Å². The molecule has 102 valence electrons. The Bertz CT molecular complexity index is 525. The molecule has 1 rings (SSSR count). The Morgan fingerprint density at radius 2 is 2.11 bits per heavy atom. The smallest absolute Gasteiger partial charge is 0.252 e. The van der Waals surface area contributed by atoms with Crippen LogP contribution in [0.3, 0.4) is 0 Å². The number of nitrogens with one attached hydrogen (secondary N) is 1. The molecule has 1 aromatic rings. The van der Waals surface area contributed by atoms with Crippen molar-refractivity contribution in [2.45, 2.75) is 24.1 Å². The second-order valence-electron chi connectivity index (χ2n) is 4.04. The van der Waals surface area contributed by atoms with Gasteiger partial charge in [-0.1, -0.05) is 11.6 Å². The van der Waals surface area contributed by atoms with Crippen molar-refractivity contribution in [1.29, 1.82) is 0 Å². The minimum absolute atomic E-state index is 0.0233. The van der Waals surface area contributed by atoms with Crippen molar-refractivity contribution in [2.24, 2.45) is 0 Å². The molecule has 0 atom stereocenters. The summed E-state index contributed by atoms with van der Waals surface area (Å²) in [6, 6.07) is 2.92. The summed E-state index contributed by atoms with van der Waals surface area (Å²) < 4.78 is 25.7.